The lowest BCUT2D eigenvalue weighted by Crippen LogP contribution is -2.03. The van der Waals surface area contributed by atoms with Crippen molar-refractivity contribution in [3.05, 3.63) is 42.1 Å². The molecule has 0 fully saturated rings. The Labute approximate surface area is 160 Å². The second-order valence-electron chi connectivity index (χ2n) is 5.81. The van der Waals surface area contributed by atoms with Gasteiger partial charge in [-0.25, -0.2) is 14.6 Å². The second kappa shape index (κ2) is 6.82. The minimum absolute atomic E-state index is 0.136. The van der Waals surface area contributed by atoms with Gasteiger partial charge < -0.3 is 10.3 Å². The zero-order chi connectivity index (χ0) is 19.9. The Morgan fingerprint density at radius 1 is 1.18 bits per heavy atom. The summed E-state index contributed by atoms with van der Waals surface area (Å²) in [6.45, 7) is 2.53. The number of pyridine rings is 1. The molecule has 0 amide bonds. The van der Waals surface area contributed by atoms with Crippen LogP contribution in [0.5, 0.6) is 0 Å². The number of halogens is 3. The Morgan fingerprint density at radius 3 is 2.54 bits per heavy atom. The van der Waals surface area contributed by atoms with Gasteiger partial charge in [-0.2, -0.15) is 13.2 Å². The van der Waals surface area contributed by atoms with Gasteiger partial charge >= 0.3 is 6.18 Å². The molecule has 144 valence electrons. The normalized spacial score (nSPS) is 12.0. The summed E-state index contributed by atoms with van der Waals surface area (Å²) in [4.78, 5) is 9.48. The highest BCUT2D eigenvalue weighted by Crippen LogP contribution is 2.34. The molecule has 7 nitrogen and oxygen atoms in total. The second-order valence-corrected chi connectivity index (χ2v) is 6.91. The van der Waals surface area contributed by atoms with Gasteiger partial charge in [0.2, 0.25) is 0 Å². The number of anilines is 1. The maximum atomic E-state index is 12.7. The van der Waals surface area contributed by atoms with Crippen molar-refractivity contribution in [2.45, 2.75) is 29.6 Å². The van der Waals surface area contributed by atoms with Gasteiger partial charge in [-0.15, -0.1) is 0 Å². The fraction of sp³-hybridized carbons (Fsp3) is 0.176. The van der Waals surface area contributed by atoms with Gasteiger partial charge in [0.15, 0.2) is 17.3 Å². The largest absolute Gasteiger partial charge is 0.416 e. The van der Waals surface area contributed by atoms with Crippen LogP contribution in [-0.2, 0) is 12.7 Å². The minimum Gasteiger partial charge on any atom is -0.379 e. The van der Waals surface area contributed by atoms with Crippen molar-refractivity contribution in [1.29, 1.82) is 0 Å². The molecule has 2 N–H and O–H groups in total. The molecular weight excluding hydrogens is 393 g/mol. The molecule has 0 unspecified atom stereocenters. The summed E-state index contributed by atoms with van der Waals surface area (Å²) in [6, 6.07) is 6.76. The SMILES string of the molecule is CCn1c(-c2nonc2N)nc2cnc(Sc3ccc(C(F)(F)F)cc3)cc21. The monoisotopic (exact) mass is 406 g/mol. The predicted octanol–water partition coefficient (Wildman–Crippen LogP) is 4.25. The summed E-state index contributed by atoms with van der Waals surface area (Å²) in [5, 5.41) is 8.00. The number of alkyl halides is 3. The Hall–Kier alpha value is -3.08. The van der Waals surface area contributed by atoms with E-state index in [9.17, 15) is 13.2 Å². The van der Waals surface area contributed by atoms with Crippen LogP contribution in [0.4, 0.5) is 19.0 Å². The van der Waals surface area contributed by atoms with E-state index in [1.54, 1.807) is 6.20 Å². The number of benzene rings is 1. The molecule has 1 aromatic carbocycles. The molecule has 3 aromatic heterocycles. The predicted molar refractivity (Wildman–Crippen MR) is 96.5 cm³/mol. The summed E-state index contributed by atoms with van der Waals surface area (Å²) in [5.74, 6) is 0.645. The van der Waals surface area contributed by atoms with Crippen LogP contribution in [0.25, 0.3) is 22.6 Å². The molecule has 0 aliphatic carbocycles. The van der Waals surface area contributed by atoms with E-state index in [1.807, 2.05) is 17.6 Å². The van der Waals surface area contributed by atoms with Crippen molar-refractivity contribution in [1.82, 2.24) is 24.8 Å². The van der Waals surface area contributed by atoms with Gasteiger partial charge in [0.05, 0.1) is 17.3 Å². The summed E-state index contributed by atoms with van der Waals surface area (Å²) >= 11 is 1.26. The molecule has 0 aliphatic rings. The number of fused-ring (bicyclic) bond motifs is 1. The number of nitrogens with zero attached hydrogens (tertiary/aromatic N) is 5. The zero-order valence-electron chi connectivity index (χ0n) is 14.4. The number of hydrogen-bond acceptors (Lipinski definition) is 7. The number of imidazole rings is 1. The molecule has 4 rings (SSSR count). The van der Waals surface area contributed by atoms with Crippen molar-refractivity contribution in [3.8, 4) is 11.5 Å². The highest BCUT2D eigenvalue weighted by molar-refractivity contribution is 7.99. The summed E-state index contributed by atoms with van der Waals surface area (Å²) in [7, 11) is 0. The maximum absolute atomic E-state index is 12.7. The van der Waals surface area contributed by atoms with Crippen LogP contribution < -0.4 is 5.73 Å². The van der Waals surface area contributed by atoms with Crippen LogP contribution in [0.3, 0.4) is 0 Å². The van der Waals surface area contributed by atoms with Gasteiger partial charge in [0.25, 0.3) is 0 Å². The molecule has 0 saturated heterocycles. The highest BCUT2D eigenvalue weighted by Gasteiger charge is 2.30. The molecular formula is C17H13F3N6OS. The van der Waals surface area contributed by atoms with E-state index in [1.165, 1.54) is 23.9 Å². The number of hydrogen-bond donors (Lipinski definition) is 1. The zero-order valence-corrected chi connectivity index (χ0v) is 15.3. The standard InChI is InChI=1S/C17H13F3N6OS/c1-2-26-12-7-13(28-10-5-3-9(4-6-10)17(18,19)20)22-8-11(12)23-16(26)14-15(21)25-27-24-14/h3-8H,2H2,1H3,(H2,21,25). The first-order valence-corrected chi connectivity index (χ1v) is 8.98. The lowest BCUT2D eigenvalue weighted by molar-refractivity contribution is -0.137. The first kappa shape index (κ1) is 18.3. The molecule has 0 atom stereocenters. The van der Waals surface area contributed by atoms with E-state index in [4.69, 9.17) is 5.73 Å². The Bertz CT molecular complexity index is 1140. The first-order chi connectivity index (χ1) is 13.4. The van der Waals surface area contributed by atoms with Crippen LogP contribution in [0.2, 0.25) is 0 Å². The topological polar surface area (TPSA) is 95.7 Å². The summed E-state index contributed by atoms with van der Waals surface area (Å²) in [5.41, 5.74) is 6.86. The minimum atomic E-state index is -4.36. The third kappa shape index (κ3) is 3.28. The fourth-order valence-electron chi connectivity index (χ4n) is 2.75. The number of aromatic nitrogens is 5. The van der Waals surface area contributed by atoms with Crippen molar-refractivity contribution >= 4 is 28.6 Å². The average Bonchev–Trinajstić information content (AvgIpc) is 3.23. The van der Waals surface area contributed by atoms with E-state index >= 15 is 0 Å². The summed E-state index contributed by atoms with van der Waals surface area (Å²) < 4.78 is 44.6. The maximum Gasteiger partial charge on any atom is 0.416 e. The molecule has 0 radical (unpaired) electrons. The Morgan fingerprint density at radius 2 is 1.93 bits per heavy atom. The number of rotatable bonds is 4. The smallest absolute Gasteiger partial charge is 0.379 e. The van der Waals surface area contributed by atoms with E-state index in [-0.39, 0.29) is 5.82 Å². The van der Waals surface area contributed by atoms with Crippen molar-refractivity contribution in [2.75, 3.05) is 5.73 Å². The fourth-order valence-corrected chi connectivity index (χ4v) is 3.54. The third-order valence-electron chi connectivity index (χ3n) is 4.06. The Balaban J connectivity index is 1.69. The third-order valence-corrected chi connectivity index (χ3v) is 5.00. The summed E-state index contributed by atoms with van der Waals surface area (Å²) in [6.07, 6.45) is -2.76. The molecule has 4 aromatic rings. The van der Waals surface area contributed by atoms with E-state index < -0.39 is 11.7 Å². The van der Waals surface area contributed by atoms with Crippen LogP contribution in [0.1, 0.15) is 12.5 Å². The first-order valence-electron chi connectivity index (χ1n) is 8.16. The van der Waals surface area contributed by atoms with E-state index in [2.05, 4.69) is 24.9 Å². The lowest BCUT2D eigenvalue weighted by Gasteiger charge is -2.07. The molecule has 0 bridgehead atoms. The van der Waals surface area contributed by atoms with Gasteiger partial charge in [0.1, 0.15) is 10.5 Å². The molecule has 3 heterocycles. The quantitative estimate of drug-likeness (QED) is 0.541. The molecule has 0 spiro atoms. The van der Waals surface area contributed by atoms with Crippen LogP contribution in [-0.4, -0.2) is 24.8 Å². The number of nitrogens with two attached hydrogens (primary N) is 1. The molecule has 0 aliphatic heterocycles. The molecule has 11 heteroatoms. The lowest BCUT2D eigenvalue weighted by atomic mass is 10.2. The van der Waals surface area contributed by atoms with Gasteiger partial charge in [-0.05, 0) is 47.6 Å². The van der Waals surface area contributed by atoms with Crippen LogP contribution >= 0.6 is 11.8 Å². The van der Waals surface area contributed by atoms with E-state index in [0.717, 1.165) is 17.6 Å². The van der Waals surface area contributed by atoms with Crippen LogP contribution in [0.15, 0.2) is 51.1 Å². The average molecular weight is 406 g/mol. The Kier molecular flexibility index (Phi) is 4.46. The number of aryl methyl sites for hydroxylation is 1. The van der Waals surface area contributed by atoms with Crippen LogP contribution in [0, 0.1) is 0 Å². The molecule has 28 heavy (non-hydrogen) atoms. The van der Waals surface area contributed by atoms with Crippen molar-refractivity contribution < 1.29 is 17.8 Å². The van der Waals surface area contributed by atoms with Crippen molar-refractivity contribution in [2.24, 2.45) is 0 Å². The van der Waals surface area contributed by atoms with Crippen molar-refractivity contribution in [3.63, 3.8) is 0 Å². The molecule has 0 saturated carbocycles. The van der Waals surface area contributed by atoms with E-state index in [0.29, 0.717) is 33.5 Å². The van der Waals surface area contributed by atoms with Gasteiger partial charge in [-0.3, -0.25) is 0 Å². The van der Waals surface area contributed by atoms with Gasteiger partial charge in [-0.1, -0.05) is 11.8 Å². The van der Waals surface area contributed by atoms with Gasteiger partial charge in [0, 0.05) is 11.4 Å². The highest BCUT2D eigenvalue weighted by atomic mass is 32.2. The number of nitrogen functional groups attached to an aromatic ring is 1.